The number of benzene rings is 1. The third kappa shape index (κ3) is 5.29. The zero-order chi connectivity index (χ0) is 13.5. The molecule has 0 saturated carbocycles. The molecule has 0 heterocycles. The number of hydrogen-bond acceptors (Lipinski definition) is 6. The zero-order valence-electron chi connectivity index (χ0n) is 9.15. The first-order valence-electron chi connectivity index (χ1n) is 4.21. The van der Waals surface area contributed by atoms with Crippen LogP contribution >= 0.6 is 0 Å². The van der Waals surface area contributed by atoms with Gasteiger partial charge in [0.05, 0.1) is 7.11 Å². The van der Waals surface area contributed by atoms with Crippen LogP contribution in [0.5, 0.6) is 11.5 Å². The van der Waals surface area contributed by atoms with Gasteiger partial charge in [-0.2, -0.15) is 8.42 Å². The van der Waals surface area contributed by atoms with E-state index in [9.17, 15) is 13.2 Å². The van der Waals surface area contributed by atoms with Crippen LogP contribution < -0.4 is 8.92 Å². The van der Waals surface area contributed by atoms with Gasteiger partial charge >= 0.3 is 10.4 Å². The second-order valence-electron chi connectivity index (χ2n) is 2.54. The second-order valence-corrected chi connectivity index (χ2v) is 3.56. The average Bonchev–Trinajstić information content (AvgIpc) is 2.30. The highest BCUT2D eigenvalue weighted by molar-refractivity contribution is 7.81. The van der Waals surface area contributed by atoms with Crippen LogP contribution in [0, 0.1) is 0 Å². The van der Waals surface area contributed by atoms with E-state index in [4.69, 9.17) is 14.4 Å². The Balaban J connectivity index is 0.00000121. The number of aliphatic hydroxyl groups is 1. The molecule has 0 spiro atoms. The molecule has 0 fully saturated rings. The first-order valence-corrected chi connectivity index (χ1v) is 5.57. The summed E-state index contributed by atoms with van der Waals surface area (Å²) in [7, 11) is -2.32. The van der Waals surface area contributed by atoms with Gasteiger partial charge in [0, 0.05) is 12.7 Å². The number of aldehydes is 1. The molecule has 1 rings (SSSR count). The summed E-state index contributed by atoms with van der Waals surface area (Å²) in [5, 5.41) is 7.00. The van der Waals surface area contributed by atoms with Crippen LogP contribution in [0.1, 0.15) is 10.4 Å². The fraction of sp³-hybridized carbons (Fsp3) is 0.222. The molecule has 0 radical (unpaired) electrons. The molecule has 17 heavy (non-hydrogen) atoms. The van der Waals surface area contributed by atoms with E-state index in [-0.39, 0.29) is 11.5 Å². The number of rotatable bonds is 4. The van der Waals surface area contributed by atoms with Gasteiger partial charge in [0.1, 0.15) is 6.29 Å². The van der Waals surface area contributed by atoms with Crippen molar-refractivity contribution in [3.63, 3.8) is 0 Å². The van der Waals surface area contributed by atoms with Gasteiger partial charge in [0.2, 0.25) is 0 Å². The van der Waals surface area contributed by atoms with Crippen molar-refractivity contribution in [2.45, 2.75) is 0 Å². The van der Waals surface area contributed by atoms with Gasteiger partial charge in [-0.1, -0.05) is 0 Å². The summed E-state index contributed by atoms with van der Waals surface area (Å²) in [6, 6.07) is 3.82. The molecule has 0 bridgehead atoms. The molecule has 2 N–H and O–H groups in total. The monoisotopic (exact) mass is 264 g/mol. The van der Waals surface area contributed by atoms with Gasteiger partial charge in [-0.3, -0.25) is 9.35 Å². The first-order chi connectivity index (χ1) is 7.96. The maximum absolute atomic E-state index is 10.4. The topological polar surface area (TPSA) is 110 Å². The maximum atomic E-state index is 10.4. The minimum Gasteiger partial charge on any atom is -0.493 e. The highest BCUT2D eigenvalue weighted by atomic mass is 32.3. The highest BCUT2D eigenvalue weighted by Gasteiger charge is 2.12. The summed E-state index contributed by atoms with van der Waals surface area (Å²) in [5.74, 6) is -0.150. The van der Waals surface area contributed by atoms with E-state index in [1.165, 1.54) is 25.3 Å². The number of hydrogen-bond donors (Lipinski definition) is 2. The van der Waals surface area contributed by atoms with E-state index in [0.717, 1.165) is 7.11 Å². The van der Waals surface area contributed by atoms with Gasteiger partial charge in [-0.25, -0.2) is 0 Å². The zero-order valence-corrected chi connectivity index (χ0v) is 9.97. The minimum absolute atomic E-state index is 0.0391. The van der Waals surface area contributed by atoms with E-state index in [2.05, 4.69) is 4.18 Å². The van der Waals surface area contributed by atoms with E-state index in [1.807, 2.05) is 0 Å². The molecule has 7 nitrogen and oxygen atoms in total. The summed E-state index contributed by atoms with van der Waals surface area (Å²) < 4.78 is 38.3. The molecular weight excluding hydrogens is 252 g/mol. The van der Waals surface area contributed by atoms with Gasteiger partial charge in [0.15, 0.2) is 11.5 Å². The van der Waals surface area contributed by atoms with Crippen molar-refractivity contribution in [3.8, 4) is 11.5 Å². The molecular formula is C9H12O7S. The summed E-state index contributed by atoms with van der Waals surface area (Å²) in [6.45, 7) is 0. The van der Waals surface area contributed by atoms with Crippen molar-refractivity contribution in [1.82, 2.24) is 0 Å². The minimum atomic E-state index is -4.60. The van der Waals surface area contributed by atoms with Crippen LogP contribution in [0.15, 0.2) is 18.2 Å². The quantitative estimate of drug-likeness (QED) is 0.594. The fourth-order valence-corrected chi connectivity index (χ4v) is 1.30. The number of methoxy groups -OCH3 is 1. The highest BCUT2D eigenvalue weighted by Crippen LogP contribution is 2.28. The second kappa shape index (κ2) is 6.84. The van der Waals surface area contributed by atoms with Gasteiger partial charge < -0.3 is 14.0 Å². The van der Waals surface area contributed by atoms with Crippen molar-refractivity contribution in [3.05, 3.63) is 23.8 Å². The Morgan fingerprint density at radius 2 is 1.82 bits per heavy atom. The summed E-state index contributed by atoms with van der Waals surface area (Å²) in [5.41, 5.74) is 0.300. The molecule has 0 unspecified atom stereocenters. The Kier molecular flexibility index (Phi) is 6.18. The van der Waals surface area contributed by atoms with Crippen LogP contribution in [0.2, 0.25) is 0 Å². The molecule has 0 aromatic heterocycles. The third-order valence-corrected chi connectivity index (χ3v) is 1.91. The molecule has 0 amide bonds. The van der Waals surface area contributed by atoms with Crippen LogP contribution in [-0.2, 0) is 10.4 Å². The number of carbonyl (C=O) groups is 1. The average molecular weight is 264 g/mol. The Bertz CT molecular complexity index is 466. The van der Waals surface area contributed by atoms with Crippen LogP contribution in [0.25, 0.3) is 0 Å². The fourth-order valence-electron chi connectivity index (χ4n) is 0.940. The Hall–Kier alpha value is -1.64. The molecule has 8 heteroatoms. The van der Waals surface area contributed by atoms with Crippen molar-refractivity contribution < 1.29 is 31.8 Å². The van der Waals surface area contributed by atoms with Crippen molar-refractivity contribution in [2.24, 2.45) is 0 Å². The number of ether oxygens (including phenoxy) is 1. The lowest BCUT2D eigenvalue weighted by Crippen LogP contribution is -2.07. The smallest absolute Gasteiger partial charge is 0.446 e. The van der Waals surface area contributed by atoms with E-state index in [1.54, 1.807) is 0 Å². The van der Waals surface area contributed by atoms with E-state index >= 15 is 0 Å². The Labute approximate surface area is 98.6 Å². The molecule has 0 saturated heterocycles. The maximum Gasteiger partial charge on any atom is 0.446 e. The number of aliphatic hydroxyl groups excluding tert-OH is 1. The van der Waals surface area contributed by atoms with Gasteiger partial charge in [-0.05, 0) is 18.2 Å². The van der Waals surface area contributed by atoms with Crippen molar-refractivity contribution >= 4 is 16.7 Å². The molecule has 0 aliphatic heterocycles. The lowest BCUT2D eigenvalue weighted by atomic mass is 10.2. The van der Waals surface area contributed by atoms with Gasteiger partial charge in [-0.15, -0.1) is 0 Å². The van der Waals surface area contributed by atoms with E-state index < -0.39 is 10.4 Å². The SMILES string of the molecule is CO.COc1cc(C=O)ccc1OS(=O)(=O)O. The lowest BCUT2D eigenvalue weighted by Gasteiger charge is -2.07. The summed E-state index contributed by atoms with van der Waals surface area (Å²) in [6.07, 6.45) is 0.569. The Morgan fingerprint density at radius 3 is 2.24 bits per heavy atom. The molecule has 1 aromatic carbocycles. The van der Waals surface area contributed by atoms with Crippen LogP contribution in [-0.4, -0.2) is 38.6 Å². The first kappa shape index (κ1) is 15.4. The number of carbonyl (C=O) groups excluding carboxylic acids is 1. The predicted molar refractivity (Wildman–Crippen MR) is 58.7 cm³/mol. The lowest BCUT2D eigenvalue weighted by molar-refractivity contribution is 0.112. The molecule has 0 atom stereocenters. The predicted octanol–water partition coefficient (Wildman–Crippen LogP) is 0.298. The third-order valence-electron chi connectivity index (χ3n) is 1.52. The molecule has 96 valence electrons. The normalized spacial score (nSPS) is 9.88. The molecule has 0 aliphatic rings. The summed E-state index contributed by atoms with van der Waals surface area (Å²) in [4.78, 5) is 10.4. The van der Waals surface area contributed by atoms with Gasteiger partial charge in [0.25, 0.3) is 0 Å². The largest absolute Gasteiger partial charge is 0.493 e. The van der Waals surface area contributed by atoms with Crippen molar-refractivity contribution in [2.75, 3.05) is 14.2 Å². The van der Waals surface area contributed by atoms with Crippen LogP contribution in [0.3, 0.4) is 0 Å². The standard InChI is InChI=1S/C8H8O6S.CH4O/c1-13-8-4-6(5-9)2-3-7(8)14-15(10,11)12;1-2/h2-5H,1H3,(H,10,11,12);2H,1H3. The Morgan fingerprint density at radius 1 is 1.24 bits per heavy atom. The molecule has 0 aliphatic carbocycles. The molecule has 1 aromatic rings. The van der Waals surface area contributed by atoms with Crippen LogP contribution in [0.4, 0.5) is 0 Å². The van der Waals surface area contributed by atoms with E-state index in [0.29, 0.717) is 11.8 Å². The summed E-state index contributed by atoms with van der Waals surface area (Å²) >= 11 is 0. The van der Waals surface area contributed by atoms with Crippen molar-refractivity contribution in [1.29, 1.82) is 0 Å².